The summed E-state index contributed by atoms with van der Waals surface area (Å²) in [6.07, 6.45) is 1.70. The van der Waals surface area contributed by atoms with Gasteiger partial charge in [-0.15, -0.1) is 0 Å². The van der Waals surface area contributed by atoms with E-state index in [4.69, 9.17) is 21.4 Å². The Balaban J connectivity index is 2.00. The van der Waals surface area contributed by atoms with E-state index in [1.165, 1.54) is 0 Å². The van der Waals surface area contributed by atoms with Gasteiger partial charge >= 0.3 is 5.97 Å². The Morgan fingerprint density at radius 1 is 1.58 bits per heavy atom. The highest BCUT2D eigenvalue weighted by Gasteiger charge is 2.25. The molecule has 19 heavy (non-hydrogen) atoms. The fraction of sp³-hybridized carbons (Fsp3) is 0.500. The molecule has 1 atom stereocenters. The Kier molecular flexibility index (Phi) is 4.66. The molecule has 0 spiro atoms. The zero-order chi connectivity index (χ0) is 13.8. The van der Waals surface area contributed by atoms with Crippen LogP contribution < -0.4 is 4.74 Å². The largest absolute Gasteiger partial charge is 0.495 e. The van der Waals surface area contributed by atoms with Crippen LogP contribution in [0, 0.1) is 5.92 Å². The summed E-state index contributed by atoms with van der Waals surface area (Å²) in [6, 6.07) is 5.69. The number of piperidine rings is 1. The van der Waals surface area contributed by atoms with Crippen LogP contribution in [0.3, 0.4) is 0 Å². The summed E-state index contributed by atoms with van der Waals surface area (Å²) in [5, 5.41) is 9.66. The second-order valence-corrected chi connectivity index (χ2v) is 5.29. The van der Waals surface area contributed by atoms with Crippen molar-refractivity contribution >= 4 is 17.6 Å². The van der Waals surface area contributed by atoms with Crippen LogP contribution in [0.4, 0.5) is 0 Å². The standard InChI is InChI=1S/C14H18ClNO3/c1-19-13-5-4-10(7-12(13)15)8-16-6-2-3-11(9-16)14(17)18/h4-5,7,11H,2-3,6,8-9H2,1H3,(H,17,18). The van der Waals surface area contributed by atoms with Crippen LogP contribution in [0.25, 0.3) is 0 Å². The van der Waals surface area contributed by atoms with Crippen molar-refractivity contribution in [2.75, 3.05) is 20.2 Å². The van der Waals surface area contributed by atoms with E-state index in [2.05, 4.69) is 4.90 Å². The predicted molar refractivity (Wildman–Crippen MR) is 73.6 cm³/mol. The van der Waals surface area contributed by atoms with Gasteiger partial charge in [-0.05, 0) is 37.1 Å². The van der Waals surface area contributed by atoms with Gasteiger partial charge in [-0.2, -0.15) is 0 Å². The summed E-state index contributed by atoms with van der Waals surface area (Å²) >= 11 is 6.09. The molecule has 0 radical (unpaired) electrons. The van der Waals surface area contributed by atoms with E-state index in [0.717, 1.165) is 31.5 Å². The minimum Gasteiger partial charge on any atom is -0.495 e. The summed E-state index contributed by atoms with van der Waals surface area (Å²) in [5.74, 6) is -0.285. The Bertz CT molecular complexity index is 464. The summed E-state index contributed by atoms with van der Waals surface area (Å²) in [7, 11) is 1.59. The van der Waals surface area contributed by atoms with Crippen molar-refractivity contribution in [3.63, 3.8) is 0 Å². The first-order valence-electron chi connectivity index (χ1n) is 6.37. The highest BCUT2D eigenvalue weighted by Crippen LogP contribution is 2.26. The van der Waals surface area contributed by atoms with E-state index >= 15 is 0 Å². The average molecular weight is 284 g/mol. The van der Waals surface area contributed by atoms with Gasteiger partial charge in [-0.1, -0.05) is 17.7 Å². The highest BCUT2D eigenvalue weighted by molar-refractivity contribution is 6.32. The van der Waals surface area contributed by atoms with Gasteiger partial charge in [0.25, 0.3) is 0 Å². The number of nitrogens with zero attached hydrogens (tertiary/aromatic N) is 1. The molecular weight excluding hydrogens is 266 g/mol. The molecule has 1 aliphatic rings. The zero-order valence-corrected chi connectivity index (χ0v) is 11.7. The van der Waals surface area contributed by atoms with Gasteiger partial charge in [0.1, 0.15) is 5.75 Å². The van der Waals surface area contributed by atoms with Crippen LogP contribution in [-0.2, 0) is 11.3 Å². The van der Waals surface area contributed by atoms with Gasteiger partial charge in [-0.25, -0.2) is 0 Å². The fourth-order valence-electron chi connectivity index (χ4n) is 2.47. The molecule has 1 aliphatic heterocycles. The highest BCUT2D eigenvalue weighted by atomic mass is 35.5. The molecule has 0 aliphatic carbocycles. The van der Waals surface area contributed by atoms with E-state index < -0.39 is 5.97 Å². The molecule has 1 fully saturated rings. The first-order valence-corrected chi connectivity index (χ1v) is 6.75. The number of carboxylic acids is 1. The van der Waals surface area contributed by atoms with Crippen LogP contribution in [-0.4, -0.2) is 36.2 Å². The van der Waals surface area contributed by atoms with E-state index in [-0.39, 0.29) is 5.92 Å². The van der Waals surface area contributed by atoms with E-state index in [0.29, 0.717) is 17.3 Å². The second-order valence-electron chi connectivity index (χ2n) is 4.88. The third-order valence-electron chi connectivity index (χ3n) is 3.48. The van der Waals surface area contributed by atoms with Gasteiger partial charge in [0.15, 0.2) is 0 Å². The lowest BCUT2D eigenvalue weighted by atomic mass is 9.98. The molecule has 4 nitrogen and oxygen atoms in total. The lowest BCUT2D eigenvalue weighted by molar-refractivity contribution is -0.143. The lowest BCUT2D eigenvalue weighted by Crippen LogP contribution is -2.38. The first-order chi connectivity index (χ1) is 9.10. The Labute approximate surface area is 117 Å². The van der Waals surface area contributed by atoms with Crippen molar-refractivity contribution in [2.24, 2.45) is 5.92 Å². The Morgan fingerprint density at radius 2 is 2.37 bits per heavy atom. The number of ether oxygens (including phenoxy) is 1. The number of carboxylic acid groups (broad SMARTS) is 1. The van der Waals surface area contributed by atoms with Gasteiger partial charge in [0, 0.05) is 13.1 Å². The number of benzene rings is 1. The average Bonchev–Trinajstić information content (AvgIpc) is 2.39. The summed E-state index contributed by atoms with van der Waals surface area (Å²) in [6.45, 7) is 2.28. The summed E-state index contributed by atoms with van der Waals surface area (Å²) in [5.41, 5.74) is 1.08. The normalized spacial score (nSPS) is 20.2. The number of carbonyl (C=O) groups is 1. The van der Waals surface area contributed by atoms with Crippen molar-refractivity contribution in [1.29, 1.82) is 0 Å². The number of methoxy groups -OCH3 is 1. The molecule has 0 bridgehead atoms. The number of hydrogen-bond donors (Lipinski definition) is 1. The molecule has 0 aromatic heterocycles. The molecule has 1 heterocycles. The van der Waals surface area contributed by atoms with Crippen LogP contribution in [0.1, 0.15) is 18.4 Å². The maximum absolute atomic E-state index is 11.0. The smallest absolute Gasteiger partial charge is 0.307 e. The lowest BCUT2D eigenvalue weighted by Gasteiger charge is -2.30. The van der Waals surface area contributed by atoms with E-state index in [9.17, 15) is 4.79 Å². The van der Waals surface area contributed by atoms with Crippen LogP contribution in [0.2, 0.25) is 5.02 Å². The molecule has 1 unspecified atom stereocenters. The molecule has 5 heteroatoms. The third kappa shape index (κ3) is 3.61. The van der Waals surface area contributed by atoms with Crippen LogP contribution in [0.5, 0.6) is 5.75 Å². The topological polar surface area (TPSA) is 49.8 Å². The molecule has 1 aromatic rings. The maximum atomic E-state index is 11.0. The zero-order valence-electron chi connectivity index (χ0n) is 10.9. The number of likely N-dealkylation sites (tertiary alicyclic amines) is 1. The molecular formula is C14H18ClNO3. The number of halogens is 1. The molecule has 1 saturated heterocycles. The molecule has 1 N–H and O–H groups in total. The predicted octanol–water partition coefficient (Wildman–Crippen LogP) is 2.65. The van der Waals surface area contributed by atoms with Crippen LogP contribution >= 0.6 is 11.6 Å². The molecule has 2 rings (SSSR count). The van der Waals surface area contributed by atoms with Crippen LogP contribution in [0.15, 0.2) is 18.2 Å². The van der Waals surface area contributed by atoms with Crippen molar-refractivity contribution in [1.82, 2.24) is 4.90 Å². The van der Waals surface area contributed by atoms with Crippen molar-refractivity contribution in [3.05, 3.63) is 28.8 Å². The quantitative estimate of drug-likeness (QED) is 0.923. The van der Waals surface area contributed by atoms with Crippen molar-refractivity contribution < 1.29 is 14.6 Å². The third-order valence-corrected chi connectivity index (χ3v) is 3.77. The first kappa shape index (κ1) is 14.2. The molecule has 0 amide bonds. The SMILES string of the molecule is COc1ccc(CN2CCCC(C(=O)O)C2)cc1Cl. The van der Waals surface area contributed by atoms with Crippen molar-refractivity contribution in [2.45, 2.75) is 19.4 Å². The molecule has 1 aromatic carbocycles. The van der Waals surface area contributed by atoms with Gasteiger partial charge in [0.2, 0.25) is 0 Å². The molecule has 104 valence electrons. The van der Waals surface area contributed by atoms with E-state index in [1.807, 2.05) is 18.2 Å². The maximum Gasteiger partial charge on any atom is 0.307 e. The van der Waals surface area contributed by atoms with Gasteiger partial charge in [0.05, 0.1) is 18.1 Å². The Morgan fingerprint density at radius 3 is 3.00 bits per heavy atom. The Hall–Kier alpha value is -1.26. The summed E-state index contributed by atoms with van der Waals surface area (Å²) < 4.78 is 5.12. The fourth-order valence-corrected chi connectivity index (χ4v) is 2.75. The number of hydrogen-bond acceptors (Lipinski definition) is 3. The number of rotatable bonds is 4. The van der Waals surface area contributed by atoms with Gasteiger partial charge in [-0.3, -0.25) is 9.69 Å². The van der Waals surface area contributed by atoms with Crippen molar-refractivity contribution in [3.8, 4) is 5.75 Å². The minimum atomic E-state index is -0.697. The molecule has 0 saturated carbocycles. The van der Waals surface area contributed by atoms with E-state index in [1.54, 1.807) is 7.11 Å². The minimum absolute atomic E-state index is 0.248. The monoisotopic (exact) mass is 283 g/mol. The summed E-state index contributed by atoms with van der Waals surface area (Å²) in [4.78, 5) is 13.2. The second kappa shape index (κ2) is 6.26. The number of aliphatic carboxylic acids is 1. The van der Waals surface area contributed by atoms with Gasteiger partial charge < -0.3 is 9.84 Å².